The SMILES string of the molecule is O=C(Nc1cccc(C(F)(F)F)c1)c1ccc(S(=O)(=O)NC2CCN(CC3CCCCC3)CC2)cc1.O=C(O)C(F)(F)F. The van der Waals surface area contributed by atoms with E-state index in [1.54, 1.807) is 0 Å². The number of carboxylic acids is 1. The lowest BCUT2D eigenvalue weighted by Gasteiger charge is -2.35. The summed E-state index contributed by atoms with van der Waals surface area (Å²) in [5, 5.41) is 9.54. The standard InChI is InChI=1S/C26H32F3N3O3S.C2HF3O2/c27-26(28,29)21-7-4-8-23(17-21)30-25(33)20-9-11-24(12-10-20)36(34,35)31-22-13-15-32(16-14-22)18-19-5-2-1-3-6-19;3-2(4,5)1(6)7/h4,7-12,17,19,22,31H,1-3,5-6,13-16,18H2,(H,30,33);(H,6,7). The Balaban J connectivity index is 0.000000646. The Labute approximate surface area is 245 Å². The summed E-state index contributed by atoms with van der Waals surface area (Å²) in [5.74, 6) is -2.62. The fraction of sp³-hybridized carbons (Fsp3) is 0.500. The molecule has 8 nitrogen and oxygen atoms in total. The molecule has 2 aromatic carbocycles. The molecular weight excluding hydrogens is 604 g/mol. The molecule has 1 saturated carbocycles. The first-order valence-corrected chi connectivity index (χ1v) is 15.2. The van der Waals surface area contributed by atoms with E-state index in [0.29, 0.717) is 0 Å². The number of carbonyl (C=O) groups is 2. The number of amides is 1. The van der Waals surface area contributed by atoms with Crippen LogP contribution >= 0.6 is 0 Å². The van der Waals surface area contributed by atoms with Gasteiger partial charge < -0.3 is 15.3 Å². The summed E-state index contributed by atoms with van der Waals surface area (Å²) in [4.78, 5) is 23.8. The molecule has 0 atom stereocenters. The second kappa shape index (κ2) is 14.5. The molecule has 43 heavy (non-hydrogen) atoms. The lowest BCUT2D eigenvalue weighted by molar-refractivity contribution is -0.192. The normalized spacial score (nSPS) is 17.5. The van der Waals surface area contributed by atoms with Gasteiger partial charge >= 0.3 is 18.3 Å². The van der Waals surface area contributed by atoms with Crippen LogP contribution in [-0.2, 0) is 21.0 Å². The fourth-order valence-corrected chi connectivity index (χ4v) is 6.32. The van der Waals surface area contributed by atoms with Crippen LogP contribution in [0.1, 0.15) is 60.9 Å². The molecule has 0 unspecified atom stereocenters. The molecule has 1 heterocycles. The van der Waals surface area contributed by atoms with Crippen LogP contribution < -0.4 is 10.0 Å². The van der Waals surface area contributed by atoms with E-state index >= 15 is 0 Å². The molecule has 0 bridgehead atoms. The summed E-state index contributed by atoms with van der Waals surface area (Å²) < 4.78 is 98.9. The molecule has 15 heteroatoms. The quantitative estimate of drug-likeness (QED) is 0.325. The molecule has 1 aliphatic carbocycles. The van der Waals surface area contributed by atoms with E-state index in [0.717, 1.165) is 50.5 Å². The maximum absolute atomic E-state index is 12.9. The third-order valence-corrected chi connectivity index (χ3v) is 8.80. The van der Waals surface area contributed by atoms with Gasteiger partial charge in [0.2, 0.25) is 10.0 Å². The van der Waals surface area contributed by atoms with Gasteiger partial charge in [-0.15, -0.1) is 0 Å². The van der Waals surface area contributed by atoms with Crippen LogP contribution in [0.3, 0.4) is 0 Å². The molecule has 2 aromatic rings. The smallest absolute Gasteiger partial charge is 0.475 e. The number of nitrogens with zero attached hydrogens (tertiary/aromatic N) is 1. The third-order valence-electron chi connectivity index (χ3n) is 7.27. The van der Waals surface area contributed by atoms with Gasteiger partial charge in [-0.25, -0.2) is 17.9 Å². The number of nitrogens with one attached hydrogen (secondary N) is 2. The molecule has 0 radical (unpaired) electrons. The summed E-state index contributed by atoms with van der Waals surface area (Å²) in [6, 6.07) is 9.57. The van der Waals surface area contributed by atoms with Crippen LogP contribution in [-0.4, -0.2) is 62.2 Å². The van der Waals surface area contributed by atoms with Crippen molar-refractivity contribution in [2.24, 2.45) is 5.92 Å². The van der Waals surface area contributed by atoms with Crippen LogP contribution in [0.4, 0.5) is 32.0 Å². The molecule has 238 valence electrons. The van der Waals surface area contributed by atoms with Crippen LogP contribution in [0, 0.1) is 5.92 Å². The summed E-state index contributed by atoms with van der Waals surface area (Å²) in [7, 11) is -3.75. The van der Waals surface area contributed by atoms with Crippen molar-refractivity contribution in [2.45, 2.75) is 68.2 Å². The summed E-state index contributed by atoms with van der Waals surface area (Å²) in [6.45, 7) is 2.85. The number of alkyl halides is 6. The first kappa shape index (κ1) is 34.3. The highest BCUT2D eigenvalue weighted by Crippen LogP contribution is 2.31. The van der Waals surface area contributed by atoms with Crippen molar-refractivity contribution in [1.82, 2.24) is 9.62 Å². The molecule has 1 aliphatic heterocycles. The number of aliphatic carboxylic acids is 1. The van der Waals surface area contributed by atoms with Gasteiger partial charge in [0.05, 0.1) is 10.5 Å². The summed E-state index contributed by atoms with van der Waals surface area (Å²) >= 11 is 0. The Hall–Kier alpha value is -3.17. The van der Waals surface area contributed by atoms with Crippen molar-refractivity contribution >= 4 is 27.6 Å². The largest absolute Gasteiger partial charge is 0.490 e. The van der Waals surface area contributed by atoms with E-state index in [1.807, 2.05) is 0 Å². The maximum atomic E-state index is 12.9. The Bertz CT molecular complexity index is 1340. The lowest BCUT2D eigenvalue weighted by atomic mass is 9.88. The van der Waals surface area contributed by atoms with E-state index in [9.17, 15) is 39.6 Å². The highest BCUT2D eigenvalue weighted by Gasteiger charge is 2.38. The Morgan fingerprint density at radius 3 is 2.00 bits per heavy atom. The van der Waals surface area contributed by atoms with Gasteiger partial charge in [-0.1, -0.05) is 25.3 Å². The molecule has 1 saturated heterocycles. The number of rotatable bonds is 7. The van der Waals surface area contributed by atoms with Gasteiger partial charge in [0.1, 0.15) is 0 Å². The third kappa shape index (κ3) is 10.8. The van der Waals surface area contributed by atoms with Crippen LogP contribution in [0.15, 0.2) is 53.4 Å². The number of hydrogen-bond donors (Lipinski definition) is 3. The maximum Gasteiger partial charge on any atom is 0.490 e. The van der Waals surface area contributed by atoms with Crippen molar-refractivity contribution in [3.8, 4) is 0 Å². The van der Waals surface area contributed by atoms with Crippen molar-refractivity contribution < 1.29 is 49.5 Å². The predicted molar refractivity (Wildman–Crippen MR) is 146 cm³/mol. The topological polar surface area (TPSA) is 116 Å². The number of piperidine rings is 1. The molecule has 0 aromatic heterocycles. The second-order valence-corrected chi connectivity index (χ2v) is 12.3. The van der Waals surface area contributed by atoms with Gasteiger partial charge in [-0.05, 0) is 87.2 Å². The van der Waals surface area contributed by atoms with E-state index in [1.165, 1.54) is 68.5 Å². The lowest BCUT2D eigenvalue weighted by Crippen LogP contribution is -2.45. The molecule has 0 spiro atoms. The number of anilines is 1. The van der Waals surface area contributed by atoms with Gasteiger partial charge in [-0.3, -0.25) is 4.79 Å². The zero-order valence-electron chi connectivity index (χ0n) is 23.0. The minimum Gasteiger partial charge on any atom is -0.475 e. The number of carboxylic acid groups (broad SMARTS) is 1. The number of likely N-dealkylation sites (tertiary alicyclic amines) is 1. The van der Waals surface area contributed by atoms with Crippen molar-refractivity contribution in [3.05, 3.63) is 59.7 Å². The summed E-state index contributed by atoms with van der Waals surface area (Å²) in [5.41, 5.74) is -0.724. The molecule has 2 fully saturated rings. The first-order chi connectivity index (χ1) is 20.0. The average Bonchev–Trinajstić information content (AvgIpc) is 2.94. The number of benzene rings is 2. The Morgan fingerprint density at radius 2 is 1.47 bits per heavy atom. The van der Waals surface area contributed by atoms with E-state index in [-0.39, 0.29) is 22.2 Å². The number of halogens is 6. The van der Waals surface area contributed by atoms with Crippen molar-refractivity contribution in [2.75, 3.05) is 25.0 Å². The highest BCUT2D eigenvalue weighted by atomic mass is 32.2. The second-order valence-electron chi connectivity index (χ2n) is 10.6. The zero-order valence-corrected chi connectivity index (χ0v) is 23.9. The molecular formula is C28H33F6N3O5S. The van der Waals surface area contributed by atoms with Crippen molar-refractivity contribution in [3.63, 3.8) is 0 Å². The molecule has 3 N–H and O–H groups in total. The monoisotopic (exact) mass is 637 g/mol. The van der Waals surface area contributed by atoms with Crippen LogP contribution in [0.5, 0.6) is 0 Å². The fourth-order valence-electron chi connectivity index (χ4n) is 5.02. The van der Waals surface area contributed by atoms with Crippen molar-refractivity contribution in [1.29, 1.82) is 0 Å². The molecule has 2 aliphatic rings. The predicted octanol–water partition coefficient (Wildman–Crippen LogP) is 5.91. The Morgan fingerprint density at radius 1 is 0.884 bits per heavy atom. The minimum atomic E-state index is -5.08. The number of carbonyl (C=O) groups excluding carboxylic acids is 1. The molecule has 1 amide bonds. The molecule has 4 rings (SSSR count). The summed E-state index contributed by atoms with van der Waals surface area (Å²) in [6.07, 6.45) is -1.55. The number of sulfonamides is 1. The highest BCUT2D eigenvalue weighted by molar-refractivity contribution is 7.89. The minimum absolute atomic E-state index is 0.00280. The van der Waals surface area contributed by atoms with Gasteiger partial charge in [0, 0.05) is 23.8 Å². The number of hydrogen-bond acceptors (Lipinski definition) is 5. The van der Waals surface area contributed by atoms with Crippen LogP contribution in [0.25, 0.3) is 0 Å². The average molecular weight is 638 g/mol. The van der Waals surface area contributed by atoms with E-state index in [2.05, 4.69) is 14.9 Å². The van der Waals surface area contributed by atoms with Gasteiger partial charge in [0.15, 0.2) is 0 Å². The first-order valence-electron chi connectivity index (χ1n) is 13.7. The van der Waals surface area contributed by atoms with E-state index < -0.39 is 39.8 Å². The van der Waals surface area contributed by atoms with Crippen LogP contribution in [0.2, 0.25) is 0 Å². The van der Waals surface area contributed by atoms with Gasteiger partial charge in [0.25, 0.3) is 5.91 Å². The van der Waals surface area contributed by atoms with E-state index in [4.69, 9.17) is 9.90 Å². The zero-order chi connectivity index (χ0) is 31.8. The van der Waals surface area contributed by atoms with Gasteiger partial charge in [-0.2, -0.15) is 26.3 Å². The Kier molecular flexibility index (Phi) is 11.6.